The zero-order valence-corrected chi connectivity index (χ0v) is 11.6. The third-order valence-electron chi connectivity index (χ3n) is 3.57. The Hall–Kier alpha value is -2.81. The molecule has 0 aliphatic carbocycles. The minimum Gasteiger partial charge on any atom is -0.508 e. The Morgan fingerprint density at radius 2 is 1.71 bits per heavy atom. The van der Waals surface area contributed by atoms with Crippen molar-refractivity contribution in [2.75, 3.05) is 5.32 Å². The molecule has 21 heavy (non-hydrogen) atoms. The van der Waals surface area contributed by atoms with Crippen LogP contribution in [0, 0.1) is 6.92 Å². The Morgan fingerprint density at radius 1 is 0.952 bits per heavy atom. The topological polar surface area (TPSA) is 49.3 Å². The summed E-state index contributed by atoms with van der Waals surface area (Å²) < 4.78 is 0. The van der Waals surface area contributed by atoms with Crippen molar-refractivity contribution in [1.82, 2.24) is 0 Å². The van der Waals surface area contributed by atoms with E-state index in [4.69, 9.17) is 0 Å². The van der Waals surface area contributed by atoms with Gasteiger partial charge in [0.1, 0.15) is 5.75 Å². The summed E-state index contributed by atoms with van der Waals surface area (Å²) in [6, 6.07) is 18.6. The van der Waals surface area contributed by atoms with Crippen molar-refractivity contribution in [3.8, 4) is 5.75 Å². The van der Waals surface area contributed by atoms with Crippen LogP contribution in [0.3, 0.4) is 0 Å². The van der Waals surface area contributed by atoms with Crippen LogP contribution >= 0.6 is 0 Å². The molecule has 0 heterocycles. The van der Waals surface area contributed by atoms with Gasteiger partial charge < -0.3 is 10.4 Å². The van der Waals surface area contributed by atoms with Crippen LogP contribution in [-0.4, -0.2) is 11.0 Å². The molecular weight excluding hydrogens is 262 g/mol. The zero-order valence-electron chi connectivity index (χ0n) is 11.6. The van der Waals surface area contributed by atoms with Crippen molar-refractivity contribution >= 4 is 22.4 Å². The van der Waals surface area contributed by atoms with Crippen LogP contribution in [0.25, 0.3) is 10.8 Å². The third-order valence-corrected chi connectivity index (χ3v) is 3.57. The minimum atomic E-state index is -0.186. The smallest absolute Gasteiger partial charge is 0.255 e. The highest BCUT2D eigenvalue weighted by Crippen LogP contribution is 2.24. The van der Waals surface area contributed by atoms with Gasteiger partial charge in [-0.05, 0) is 42.0 Å². The van der Waals surface area contributed by atoms with Crippen LogP contribution in [0.2, 0.25) is 0 Å². The largest absolute Gasteiger partial charge is 0.508 e. The molecule has 2 N–H and O–H groups in total. The molecule has 0 atom stereocenters. The second-order valence-electron chi connectivity index (χ2n) is 4.97. The summed E-state index contributed by atoms with van der Waals surface area (Å²) in [6.45, 7) is 1.77. The number of aromatic hydroxyl groups is 1. The van der Waals surface area contributed by atoms with Crippen molar-refractivity contribution in [3.63, 3.8) is 0 Å². The van der Waals surface area contributed by atoms with Gasteiger partial charge in [0, 0.05) is 16.8 Å². The van der Waals surface area contributed by atoms with Gasteiger partial charge in [0.05, 0.1) is 0 Å². The number of rotatable bonds is 2. The molecule has 3 heteroatoms. The number of nitrogens with one attached hydrogen (secondary N) is 1. The number of fused-ring (bicyclic) bond motifs is 1. The summed E-state index contributed by atoms with van der Waals surface area (Å²) in [5, 5.41) is 14.6. The van der Waals surface area contributed by atoms with Crippen LogP contribution in [0.1, 0.15) is 15.9 Å². The molecule has 0 aliphatic rings. The van der Waals surface area contributed by atoms with E-state index >= 15 is 0 Å². The highest BCUT2D eigenvalue weighted by atomic mass is 16.3. The molecule has 0 aliphatic heterocycles. The number of carbonyl (C=O) groups is 1. The number of anilines is 1. The van der Waals surface area contributed by atoms with E-state index in [1.807, 2.05) is 36.4 Å². The van der Waals surface area contributed by atoms with Gasteiger partial charge in [0.2, 0.25) is 0 Å². The van der Waals surface area contributed by atoms with Gasteiger partial charge in [-0.1, -0.05) is 36.4 Å². The quantitative estimate of drug-likeness (QED) is 0.740. The van der Waals surface area contributed by atoms with E-state index in [2.05, 4.69) is 5.32 Å². The van der Waals surface area contributed by atoms with Gasteiger partial charge in [0.15, 0.2) is 0 Å². The lowest BCUT2D eigenvalue weighted by Gasteiger charge is -2.10. The van der Waals surface area contributed by atoms with Gasteiger partial charge in [-0.2, -0.15) is 0 Å². The normalized spacial score (nSPS) is 10.5. The summed E-state index contributed by atoms with van der Waals surface area (Å²) in [6.07, 6.45) is 0. The SMILES string of the molecule is Cc1c(O)cccc1NC(=O)c1ccc2ccccc2c1. The number of carbonyl (C=O) groups excluding carboxylic acids is 1. The van der Waals surface area contributed by atoms with Gasteiger partial charge in [-0.3, -0.25) is 4.79 Å². The van der Waals surface area contributed by atoms with E-state index in [1.165, 1.54) is 0 Å². The molecule has 0 saturated heterocycles. The Balaban J connectivity index is 1.91. The Labute approximate surface area is 122 Å². The van der Waals surface area contributed by atoms with Gasteiger partial charge in [-0.25, -0.2) is 0 Å². The Bertz CT molecular complexity index is 824. The predicted octanol–water partition coefficient (Wildman–Crippen LogP) is 4.11. The molecule has 0 unspecified atom stereocenters. The standard InChI is InChI=1S/C18H15NO2/c1-12-16(7-4-8-17(12)20)19-18(21)15-10-9-13-5-2-3-6-14(13)11-15/h2-11,20H,1H3,(H,19,21). The molecule has 104 valence electrons. The molecule has 0 saturated carbocycles. The van der Waals surface area contributed by atoms with Crippen LogP contribution < -0.4 is 5.32 Å². The fourth-order valence-electron chi connectivity index (χ4n) is 2.28. The average Bonchev–Trinajstić information content (AvgIpc) is 2.51. The summed E-state index contributed by atoms with van der Waals surface area (Å²) in [7, 11) is 0. The second-order valence-corrected chi connectivity index (χ2v) is 4.97. The number of phenols is 1. The van der Waals surface area contributed by atoms with E-state index < -0.39 is 0 Å². The maximum absolute atomic E-state index is 12.3. The molecule has 3 aromatic rings. The van der Waals surface area contributed by atoms with Gasteiger partial charge >= 0.3 is 0 Å². The Kier molecular flexibility index (Phi) is 3.32. The van der Waals surface area contributed by atoms with Crippen LogP contribution in [-0.2, 0) is 0 Å². The lowest BCUT2D eigenvalue weighted by Crippen LogP contribution is -2.12. The van der Waals surface area contributed by atoms with E-state index in [0.29, 0.717) is 16.8 Å². The van der Waals surface area contributed by atoms with E-state index in [0.717, 1.165) is 10.8 Å². The van der Waals surface area contributed by atoms with Crippen LogP contribution in [0.4, 0.5) is 5.69 Å². The average molecular weight is 277 g/mol. The summed E-state index contributed by atoms with van der Waals surface area (Å²) in [4.78, 5) is 12.3. The molecule has 1 amide bonds. The van der Waals surface area contributed by atoms with E-state index in [-0.39, 0.29) is 11.7 Å². The van der Waals surface area contributed by atoms with Gasteiger partial charge in [-0.15, -0.1) is 0 Å². The van der Waals surface area contributed by atoms with Crippen molar-refractivity contribution < 1.29 is 9.90 Å². The molecule has 0 aromatic heterocycles. The summed E-state index contributed by atoms with van der Waals surface area (Å²) >= 11 is 0. The first-order chi connectivity index (χ1) is 10.1. The van der Waals surface area contributed by atoms with Crippen molar-refractivity contribution in [2.45, 2.75) is 6.92 Å². The first-order valence-electron chi connectivity index (χ1n) is 6.74. The maximum atomic E-state index is 12.3. The molecule has 3 rings (SSSR count). The number of benzene rings is 3. The number of hydrogen-bond donors (Lipinski definition) is 2. The van der Waals surface area contributed by atoms with Crippen LogP contribution in [0.5, 0.6) is 5.75 Å². The lowest BCUT2D eigenvalue weighted by molar-refractivity contribution is 0.102. The highest BCUT2D eigenvalue weighted by molar-refractivity contribution is 6.06. The number of hydrogen-bond acceptors (Lipinski definition) is 2. The predicted molar refractivity (Wildman–Crippen MR) is 84.7 cm³/mol. The van der Waals surface area contributed by atoms with E-state index in [9.17, 15) is 9.90 Å². The molecule has 0 spiro atoms. The summed E-state index contributed by atoms with van der Waals surface area (Å²) in [5.74, 6) is -0.0132. The van der Waals surface area contributed by atoms with Crippen molar-refractivity contribution in [2.24, 2.45) is 0 Å². The molecule has 0 fully saturated rings. The van der Waals surface area contributed by atoms with Crippen molar-refractivity contribution in [1.29, 1.82) is 0 Å². The number of phenolic OH excluding ortho intramolecular Hbond substituents is 1. The minimum absolute atomic E-state index is 0.173. The molecule has 3 aromatic carbocycles. The number of amides is 1. The van der Waals surface area contributed by atoms with Crippen molar-refractivity contribution in [3.05, 3.63) is 71.8 Å². The molecule has 0 radical (unpaired) electrons. The zero-order chi connectivity index (χ0) is 14.8. The molecular formula is C18H15NO2. The van der Waals surface area contributed by atoms with Crippen LogP contribution in [0.15, 0.2) is 60.7 Å². The monoisotopic (exact) mass is 277 g/mol. The second kappa shape index (κ2) is 5.29. The first kappa shape index (κ1) is 13.2. The maximum Gasteiger partial charge on any atom is 0.255 e. The highest BCUT2D eigenvalue weighted by Gasteiger charge is 2.09. The van der Waals surface area contributed by atoms with E-state index in [1.54, 1.807) is 31.2 Å². The lowest BCUT2D eigenvalue weighted by atomic mass is 10.1. The fraction of sp³-hybridized carbons (Fsp3) is 0.0556. The van der Waals surface area contributed by atoms with Gasteiger partial charge in [0.25, 0.3) is 5.91 Å². The molecule has 0 bridgehead atoms. The summed E-state index contributed by atoms with van der Waals surface area (Å²) in [5.41, 5.74) is 1.87. The third kappa shape index (κ3) is 2.58. The Morgan fingerprint density at radius 3 is 2.52 bits per heavy atom. The molecule has 3 nitrogen and oxygen atoms in total. The fourth-order valence-corrected chi connectivity index (χ4v) is 2.28. The first-order valence-corrected chi connectivity index (χ1v) is 6.74.